The molecule has 2 aromatic heterocycles. The van der Waals surface area contributed by atoms with Crippen molar-refractivity contribution in [2.75, 3.05) is 13.7 Å². The standard InChI is InChI=1S/C13H19N5O2S/c1-4-5-17-11(14-15-13(17)21)10-8-9(2)16-18(12(10)19)6-7-20-3/h8H,4-7H2,1-3H3,(H,15,21). The van der Waals surface area contributed by atoms with E-state index in [1.165, 1.54) is 4.68 Å². The molecule has 0 aromatic carbocycles. The van der Waals surface area contributed by atoms with Crippen LogP contribution in [0.1, 0.15) is 19.0 Å². The molecule has 0 amide bonds. The van der Waals surface area contributed by atoms with Crippen molar-refractivity contribution < 1.29 is 4.74 Å². The Morgan fingerprint density at radius 3 is 2.86 bits per heavy atom. The lowest BCUT2D eigenvalue weighted by Crippen LogP contribution is -2.27. The summed E-state index contributed by atoms with van der Waals surface area (Å²) in [6.07, 6.45) is 0.906. The minimum absolute atomic E-state index is 0.191. The molecule has 1 N–H and O–H groups in total. The van der Waals surface area contributed by atoms with Crippen molar-refractivity contribution in [3.05, 3.63) is 26.9 Å². The van der Waals surface area contributed by atoms with Crippen molar-refractivity contribution in [1.82, 2.24) is 24.5 Å². The van der Waals surface area contributed by atoms with Crippen LogP contribution in [0.4, 0.5) is 0 Å². The summed E-state index contributed by atoms with van der Waals surface area (Å²) in [5.74, 6) is 0.559. The van der Waals surface area contributed by atoms with Gasteiger partial charge in [0.25, 0.3) is 5.56 Å². The molecule has 0 aliphatic heterocycles. The Morgan fingerprint density at radius 2 is 2.19 bits per heavy atom. The Labute approximate surface area is 127 Å². The van der Waals surface area contributed by atoms with Gasteiger partial charge in [-0.2, -0.15) is 10.2 Å². The molecule has 0 saturated heterocycles. The predicted octanol–water partition coefficient (Wildman–Crippen LogP) is 1.53. The molecule has 2 heterocycles. The summed E-state index contributed by atoms with van der Waals surface area (Å²) in [5, 5.41) is 11.2. The molecule has 0 unspecified atom stereocenters. The Kier molecular flexibility index (Phi) is 5.03. The Hall–Kier alpha value is -1.80. The van der Waals surface area contributed by atoms with Crippen molar-refractivity contribution in [2.45, 2.75) is 33.4 Å². The van der Waals surface area contributed by atoms with Gasteiger partial charge in [0.15, 0.2) is 10.6 Å². The molecule has 8 heteroatoms. The van der Waals surface area contributed by atoms with Crippen LogP contribution < -0.4 is 5.56 Å². The molecule has 21 heavy (non-hydrogen) atoms. The number of aromatic nitrogens is 5. The van der Waals surface area contributed by atoms with Crippen LogP contribution in [-0.2, 0) is 17.8 Å². The molecule has 0 saturated carbocycles. The maximum absolute atomic E-state index is 12.5. The van der Waals surface area contributed by atoms with Crippen LogP contribution in [0.3, 0.4) is 0 Å². The minimum Gasteiger partial charge on any atom is -0.383 e. The third-order valence-electron chi connectivity index (χ3n) is 3.05. The number of ether oxygens (including phenoxy) is 1. The second kappa shape index (κ2) is 6.77. The zero-order chi connectivity index (χ0) is 15.4. The molecule has 0 radical (unpaired) electrons. The fourth-order valence-electron chi connectivity index (χ4n) is 2.12. The SMILES string of the molecule is CCCn1c(-c2cc(C)nn(CCOC)c2=O)n[nH]c1=S. The molecular weight excluding hydrogens is 290 g/mol. The van der Waals surface area contributed by atoms with Crippen LogP contribution in [0, 0.1) is 11.7 Å². The summed E-state index contributed by atoms with van der Waals surface area (Å²) in [4.78, 5) is 12.5. The molecule has 0 bridgehead atoms. The van der Waals surface area contributed by atoms with Gasteiger partial charge in [-0.25, -0.2) is 4.68 Å². The lowest BCUT2D eigenvalue weighted by molar-refractivity contribution is 0.181. The topological polar surface area (TPSA) is 77.7 Å². The van der Waals surface area contributed by atoms with Gasteiger partial charge in [-0.15, -0.1) is 0 Å². The van der Waals surface area contributed by atoms with E-state index in [2.05, 4.69) is 15.3 Å². The summed E-state index contributed by atoms with van der Waals surface area (Å²) in [6, 6.07) is 1.74. The smallest absolute Gasteiger partial charge is 0.277 e. The predicted molar refractivity (Wildman–Crippen MR) is 81.8 cm³/mol. The molecule has 0 fully saturated rings. The summed E-state index contributed by atoms with van der Waals surface area (Å²) in [7, 11) is 1.59. The molecule has 0 aliphatic carbocycles. The number of hydrogen-bond acceptors (Lipinski definition) is 5. The second-order valence-corrected chi connectivity index (χ2v) is 5.11. The highest BCUT2D eigenvalue weighted by molar-refractivity contribution is 7.71. The van der Waals surface area contributed by atoms with Gasteiger partial charge in [-0.1, -0.05) is 6.92 Å². The first kappa shape index (κ1) is 15.6. The monoisotopic (exact) mass is 309 g/mol. The molecule has 0 atom stereocenters. The van der Waals surface area contributed by atoms with E-state index in [-0.39, 0.29) is 5.56 Å². The van der Waals surface area contributed by atoms with E-state index in [0.29, 0.717) is 35.9 Å². The third-order valence-corrected chi connectivity index (χ3v) is 3.36. The zero-order valence-corrected chi connectivity index (χ0v) is 13.2. The number of rotatable bonds is 6. The highest BCUT2D eigenvalue weighted by Gasteiger charge is 2.15. The number of hydrogen-bond donors (Lipinski definition) is 1. The lowest BCUT2D eigenvalue weighted by atomic mass is 10.2. The molecule has 0 aliphatic rings. The molecular formula is C13H19N5O2S. The van der Waals surface area contributed by atoms with E-state index in [9.17, 15) is 4.79 Å². The number of nitrogens with zero attached hydrogens (tertiary/aromatic N) is 4. The van der Waals surface area contributed by atoms with Crippen LogP contribution in [0.2, 0.25) is 0 Å². The number of H-pyrrole nitrogens is 1. The van der Waals surface area contributed by atoms with Crippen LogP contribution in [-0.4, -0.2) is 38.3 Å². The highest BCUT2D eigenvalue weighted by atomic mass is 32.1. The maximum Gasteiger partial charge on any atom is 0.277 e. The first-order valence-corrected chi connectivity index (χ1v) is 7.22. The van der Waals surface area contributed by atoms with Crippen molar-refractivity contribution in [3.8, 4) is 11.4 Å². The number of methoxy groups -OCH3 is 1. The van der Waals surface area contributed by atoms with E-state index in [1.807, 2.05) is 18.4 Å². The average Bonchev–Trinajstić information content (AvgIpc) is 2.81. The summed E-state index contributed by atoms with van der Waals surface area (Å²) in [5.41, 5.74) is 1.06. The molecule has 114 valence electrons. The van der Waals surface area contributed by atoms with Crippen LogP contribution in [0.5, 0.6) is 0 Å². The largest absolute Gasteiger partial charge is 0.383 e. The number of aromatic amines is 1. The Balaban J connectivity index is 2.56. The Bertz CT molecular complexity index is 731. The van der Waals surface area contributed by atoms with Crippen molar-refractivity contribution >= 4 is 12.2 Å². The second-order valence-electron chi connectivity index (χ2n) is 4.72. The lowest BCUT2D eigenvalue weighted by Gasteiger charge is -2.09. The molecule has 0 spiro atoms. The quantitative estimate of drug-likeness (QED) is 0.819. The van der Waals surface area contributed by atoms with Crippen LogP contribution in [0.15, 0.2) is 10.9 Å². The van der Waals surface area contributed by atoms with Gasteiger partial charge in [-0.05, 0) is 31.6 Å². The summed E-state index contributed by atoms with van der Waals surface area (Å²) >= 11 is 5.22. The molecule has 2 rings (SSSR count). The fourth-order valence-corrected chi connectivity index (χ4v) is 2.34. The van der Waals surface area contributed by atoms with E-state index >= 15 is 0 Å². The van der Waals surface area contributed by atoms with Gasteiger partial charge in [-0.3, -0.25) is 9.89 Å². The fraction of sp³-hybridized carbons (Fsp3) is 0.538. The summed E-state index contributed by atoms with van der Waals surface area (Å²) < 4.78 is 8.77. The highest BCUT2D eigenvalue weighted by Crippen LogP contribution is 2.14. The van der Waals surface area contributed by atoms with Crippen LogP contribution in [0.25, 0.3) is 11.4 Å². The van der Waals surface area contributed by atoms with E-state index in [4.69, 9.17) is 17.0 Å². The number of nitrogens with one attached hydrogen (secondary N) is 1. The third kappa shape index (κ3) is 3.27. The van der Waals surface area contributed by atoms with E-state index in [0.717, 1.165) is 12.1 Å². The molecule has 7 nitrogen and oxygen atoms in total. The summed E-state index contributed by atoms with van der Waals surface area (Å²) in [6.45, 7) is 5.44. The maximum atomic E-state index is 12.5. The van der Waals surface area contributed by atoms with Gasteiger partial charge < -0.3 is 9.30 Å². The van der Waals surface area contributed by atoms with Gasteiger partial charge in [0, 0.05) is 13.7 Å². The van der Waals surface area contributed by atoms with E-state index < -0.39 is 0 Å². The van der Waals surface area contributed by atoms with Gasteiger partial charge in [0.1, 0.15) is 0 Å². The first-order valence-electron chi connectivity index (χ1n) is 6.81. The van der Waals surface area contributed by atoms with Gasteiger partial charge in [0.2, 0.25) is 0 Å². The average molecular weight is 309 g/mol. The van der Waals surface area contributed by atoms with Crippen molar-refractivity contribution in [3.63, 3.8) is 0 Å². The van der Waals surface area contributed by atoms with Crippen LogP contribution >= 0.6 is 12.2 Å². The van der Waals surface area contributed by atoms with E-state index in [1.54, 1.807) is 13.2 Å². The van der Waals surface area contributed by atoms with Gasteiger partial charge in [0.05, 0.1) is 24.4 Å². The zero-order valence-electron chi connectivity index (χ0n) is 12.4. The first-order chi connectivity index (χ1) is 10.1. The van der Waals surface area contributed by atoms with Crippen molar-refractivity contribution in [1.29, 1.82) is 0 Å². The minimum atomic E-state index is -0.191. The molecule has 2 aromatic rings. The van der Waals surface area contributed by atoms with Gasteiger partial charge >= 0.3 is 0 Å². The van der Waals surface area contributed by atoms with Crippen molar-refractivity contribution in [2.24, 2.45) is 0 Å². The normalized spacial score (nSPS) is 11.0. The Morgan fingerprint density at radius 1 is 1.43 bits per heavy atom. The number of aryl methyl sites for hydroxylation is 1.